The van der Waals surface area contributed by atoms with E-state index in [1.807, 2.05) is 0 Å². The van der Waals surface area contributed by atoms with Gasteiger partial charge in [0.2, 0.25) is 0 Å². The Balaban J connectivity index is 1.95. The van der Waals surface area contributed by atoms with Crippen LogP contribution in [0.2, 0.25) is 0 Å². The molecule has 4 fully saturated rings. The molecule has 0 spiro atoms. The van der Waals surface area contributed by atoms with Gasteiger partial charge in [-0.2, -0.15) is 0 Å². The fourth-order valence-corrected chi connectivity index (χ4v) is 5.02. The van der Waals surface area contributed by atoms with Gasteiger partial charge in [0.15, 0.2) is 0 Å². The van der Waals surface area contributed by atoms with E-state index in [0.29, 0.717) is 37.0 Å². The van der Waals surface area contributed by atoms with Crippen molar-refractivity contribution in [2.75, 3.05) is 0 Å². The molecule has 0 aliphatic heterocycles. The van der Waals surface area contributed by atoms with E-state index in [1.54, 1.807) is 0 Å². The number of nitro groups is 2. The molecule has 0 aromatic rings. The maximum absolute atomic E-state index is 11.0. The van der Waals surface area contributed by atoms with Gasteiger partial charge in [0.05, 0.1) is 9.85 Å². The first-order valence-corrected chi connectivity index (χ1v) is 6.27. The summed E-state index contributed by atoms with van der Waals surface area (Å²) in [5.41, 5.74) is -0.637. The van der Waals surface area contributed by atoms with Crippen molar-refractivity contribution in [2.24, 2.45) is 23.2 Å². The van der Waals surface area contributed by atoms with E-state index in [2.05, 4.69) is 0 Å². The van der Waals surface area contributed by atoms with Crippen molar-refractivity contribution in [3.05, 3.63) is 20.2 Å². The third-order valence-electron chi connectivity index (χ3n) is 5.03. The van der Waals surface area contributed by atoms with Gasteiger partial charge in [-0.05, 0) is 56.3 Å². The fraction of sp³-hybridized carbons (Fsp3) is 1.00. The molecule has 4 bridgehead atoms. The molecule has 4 rings (SSSR count). The molecule has 0 heterocycles. The maximum atomic E-state index is 11.0. The molecular weight excluding hydrogens is 224 g/mol. The first-order chi connectivity index (χ1) is 8.00. The predicted molar refractivity (Wildman–Crippen MR) is 58.4 cm³/mol. The zero-order chi connectivity index (χ0) is 12.2. The monoisotopic (exact) mass is 240 g/mol. The highest BCUT2D eigenvalue weighted by atomic mass is 16.7. The standard InChI is InChI=1S/C11H16N2O4/c14-12(15)10(13(16)17)11-4-7-1-8(5-11)3-9(2-7)6-11/h7-10H,1-6H2. The van der Waals surface area contributed by atoms with Crippen LogP contribution < -0.4 is 0 Å². The maximum Gasteiger partial charge on any atom is 0.456 e. The molecule has 6 heteroatoms. The Hall–Kier alpha value is -1.20. The first kappa shape index (κ1) is 10.9. The van der Waals surface area contributed by atoms with Crippen LogP contribution in [0.3, 0.4) is 0 Å². The van der Waals surface area contributed by atoms with E-state index in [1.165, 1.54) is 0 Å². The van der Waals surface area contributed by atoms with Gasteiger partial charge in [-0.15, -0.1) is 0 Å². The summed E-state index contributed by atoms with van der Waals surface area (Å²) in [4.78, 5) is 20.7. The molecule has 0 amide bonds. The van der Waals surface area contributed by atoms with E-state index < -0.39 is 21.4 Å². The van der Waals surface area contributed by atoms with Gasteiger partial charge >= 0.3 is 6.17 Å². The van der Waals surface area contributed by atoms with Crippen molar-refractivity contribution < 1.29 is 9.85 Å². The van der Waals surface area contributed by atoms with Crippen LogP contribution >= 0.6 is 0 Å². The van der Waals surface area contributed by atoms with Crippen LogP contribution in [0, 0.1) is 43.4 Å². The van der Waals surface area contributed by atoms with Crippen LogP contribution in [0.5, 0.6) is 0 Å². The summed E-state index contributed by atoms with van der Waals surface area (Å²) in [6.45, 7) is 0. The Morgan fingerprint density at radius 2 is 1.24 bits per heavy atom. The molecular formula is C11H16N2O4. The average molecular weight is 240 g/mol. The number of rotatable bonds is 3. The minimum Gasteiger partial charge on any atom is -0.259 e. The summed E-state index contributed by atoms with van der Waals surface area (Å²) in [5.74, 6) is 1.51. The van der Waals surface area contributed by atoms with Gasteiger partial charge in [-0.25, -0.2) is 0 Å². The molecule has 17 heavy (non-hydrogen) atoms. The predicted octanol–water partition coefficient (Wildman–Crippen LogP) is 2.08. The van der Waals surface area contributed by atoms with E-state index in [0.717, 1.165) is 19.3 Å². The quantitative estimate of drug-likeness (QED) is 0.429. The highest BCUT2D eigenvalue weighted by molar-refractivity contribution is 5.02. The minimum atomic E-state index is -1.57. The van der Waals surface area contributed by atoms with Crippen LogP contribution in [0.4, 0.5) is 0 Å². The normalized spacial score (nSPS) is 43.0. The Morgan fingerprint density at radius 3 is 1.53 bits per heavy atom. The van der Waals surface area contributed by atoms with Gasteiger partial charge in [0.1, 0.15) is 5.41 Å². The largest absolute Gasteiger partial charge is 0.456 e. The second-order valence-corrected chi connectivity index (χ2v) is 6.22. The second-order valence-electron chi connectivity index (χ2n) is 6.22. The van der Waals surface area contributed by atoms with Crippen molar-refractivity contribution in [1.82, 2.24) is 0 Å². The lowest BCUT2D eigenvalue weighted by atomic mass is 9.49. The molecule has 4 aliphatic rings. The Labute approximate surface area is 98.7 Å². The number of hydrogen-bond acceptors (Lipinski definition) is 4. The van der Waals surface area contributed by atoms with E-state index in [-0.39, 0.29) is 0 Å². The summed E-state index contributed by atoms with van der Waals surface area (Å²) in [7, 11) is 0. The summed E-state index contributed by atoms with van der Waals surface area (Å²) >= 11 is 0. The van der Waals surface area contributed by atoms with Crippen LogP contribution in [0.15, 0.2) is 0 Å². The molecule has 0 atom stereocenters. The number of hydrogen-bond donors (Lipinski definition) is 0. The highest BCUT2D eigenvalue weighted by Crippen LogP contribution is 2.61. The van der Waals surface area contributed by atoms with Gasteiger partial charge in [-0.3, -0.25) is 20.2 Å². The Morgan fingerprint density at radius 1 is 0.882 bits per heavy atom. The lowest BCUT2D eigenvalue weighted by Crippen LogP contribution is -2.56. The summed E-state index contributed by atoms with van der Waals surface area (Å²) in [5, 5.41) is 22.0. The first-order valence-electron chi connectivity index (χ1n) is 6.27. The van der Waals surface area contributed by atoms with Crippen molar-refractivity contribution >= 4 is 0 Å². The molecule has 0 aromatic carbocycles. The molecule has 94 valence electrons. The average Bonchev–Trinajstić information content (AvgIpc) is 2.11. The van der Waals surface area contributed by atoms with E-state index in [9.17, 15) is 20.2 Å². The van der Waals surface area contributed by atoms with Crippen LogP contribution in [0.1, 0.15) is 38.5 Å². The lowest BCUT2D eigenvalue weighted by molar-refractivity contribution is -0.764. The second kappa shape index (κ2) is 3.40. The number of nitrogens with zero attached hydrogens (tertiary/aromatic N) is 2. The Kier molecular flexibility index (Phi) is 2.18. The van der Waals surface area contributed by atoms with E-state index >= 15 is 0 Å². The van der Waals surface area contributed by atoms with E-state index in [4.69, 9.17) is 0 Å². The summed E-state index contributed by atoms with van der Waals surface area (Å²) in [6, 6.07) is 0. The molecule has 4 saturated carbocycles. The third-order valence-corrected chi connectivity index (χ3v) is 5.03. The lowest BCUT2D eigenvalue weighted by Gasteiger charge is -2.54. The van der Waals surface area contributed by atoms with Crippen LogP contribution in [0.25, 0.3) is 0 Å². The smallest absolute Gasteiger partial charge is 0.259 e. The zero-order valence-corrected chi connectivity index (χ0v) is 9.58. The van der Waals surface area contributed by atoms with Gasteiger partial charge in [-0.1, -0.05) is 0 Å². The van der Waals surface area contributed by atoms with Crippen molar-refractivity contribution in [1.29, 1.82) is 0 Å². The zero-order valence-electron chi connectivity index (χ0n) is 9.58. The summed E-state index contributed by atoms with van der Waals surface area (Å²) in [6.07, 6.45) is 3.95. The van der Waals surface area contributed by atoms with Crippen LogP contribution in [-0.4, -0.2) is 16.0 Å². The molecule has 4 aliphatic carbocycles. The molecule has 0 aromatic heterocycles. The van der Waals surface area contributed by atoms with Gasteiger partial charge in [0.25, 0.3) is 0 Å². The third kappa shape index (κ3) is 1.53. The minimum absolute atomic E-state index is 0.503. The van der Waals surface area contributed by atoms with Gasteiger partial charge < -0.3 is 0 Å². The molecule has 0 radical (unpaired) electrons. The molecule has 0 unspecified atom stereocenters. The van der Waals surface area contributed by atoms with Crippen molar-refractivity contribution in [3.63, 3.8) is 0 Å². The highest BCUT2D eigenvalue weighted by Gasteiger charge is 2.64. The SMILES string of the molecule is O=[N+]([O-])C([N+](=O)[O-])C12CC3CC(CC(C3)C1)C2. The van der Waals surface area contributed by atoms with Crippen molar-refractivity contribution in [3.8, 4) is 0 Å². The summed E-state index contributed by atoms with van der Waals surface area (Å²) < 4.78 is 0. The molecule has 6 nitrogen and oxygen atoms in total. The molecule has 0 N–H and O–H groups in total. The topological polar surface area (TPSA) is 86.3 Å². The van der Waals surface area contributed by atoms with Crippen molar-refractivity contribution in [2.45, 2.75) is 44.7 Å². The fourth-order valence-electron chi connectivity index (χ4n) is 5.02. The van der Waals surface area contributed by atoms with Crippen LogP contribution in [-0.2, 0) is 0 Å². The molecule has 0 saturated heterocycles. The Bertz CT molecular complexity index is 332. The van der Waals surface area contributed by atoms with Gasteiger partial charge in [0, 0.05) is 0 Å².